The van der Waals surface area contributed by atoms with Crippen LogP contribution in [0.5, 0.6) is 0 Å². The number of H-pyrrole nitrogens is 1. The normalized spacial score (nSPS) is 10.7. The van der Waals surface area contributed by atoms with Gasteiger partial charge >= 0.3 is 0 Å². The lowest BCUT2D eigenvalue weighted by Crippen LogP contribution is -2.22. The highest BCUT2D eigenvalue weighted by molar-refractivity contribution is 7.14. The van der Waals surface area contributed by atoms with Crippen molar-refractivity contribution in [1.29, 1.82) is 0 Å². The van der Waals surface area contributed by atoms with Gasteiger partial charge in [-0.3, -0.25) is 14.9 Å². The molecule has 0 unspecified atom stereocenters. The maximum Gasteiger partial charge on any atom is 0.298 e. The first-order valence-electron chi connectivity index (χ1n) is 7.65. The van der Waals surface area contributed by atoms with Crippen molar-refractivity contribution in [1.82, 2.24) is 9.97 Å². The molecule has 0 radical (unpaired) electrons. The van der Waals surface area contributed by atoms with E-state index in [0.29, 0.717) is 10.7 Å². The van der Waals surface area contributed by atoms with Crippen LogP contribution >= 0.6 is 11.3 Å². The van der Waals surface area contributed by atoms with Crippen molar-refractivity contribution in [2.75, 3.05) is 5.32 Å². The lowest BCUT2D eigenvalue weighted by Gasteiger charge is -2.00. The number of aromatic nitrogens is 2. The molecule has 0 aliphatic carbocycles. The number of fused-ring (bicyclic) bond motifs is 1. The third-order valence-electron chi connectivity index (χ3n) is 3.83. The Hall–Kier alpha value is -3.25. The van der Waals surface area contributed by atoms with E-state index < -0.39 is 11.7 Å². The molecule has 2 aromatic carbocycles. The summed E-state index contributed by atoms with van der Waals surface area (Å²) >= 11 is 1.29. The summed E-state index contributed by atoms with van der Waals surface area (Å²) in [6, 6.07) is 17.0. The summed E-state index contributed by atoms with van der Waals surface area (Å²) in [6.07, 6.45) is 1.56. The molecule has 2 aromatic heterocycles. The number of aromatic amines is 1. The van der Waals surface area contributed by atoms with Crippen molar-refractivity contribution >= 4 is 39.1 Å². The smallest absolute Gasteiger partial charge is 0.298 e. The van der Waals surface area contributed by atoms with Crippen molar-refractivity contribution in [3.05, 3.63) is 71.7 Å². The Morgan fingerprint density at radius 1 is 1.00 bits per heavy atom. The fourth-order valence-electron chi connectivity index (χ4n) is 2.61. The second-order valence-electron chi connectivity index (χ2n) is 5.44. The van der Waals surface area contributed by atoms with Gasteiger partial charge in [0.1, 0.15) is 0 Å². The summed E-state index contributed by atoms with van der Waals surface area (Å²) < 4.78 is 0. The molecule has 4 rings (SSSR count). The molecule has 0 aliphatic rings. The maximum absolute atomic E-state index is 12.4. The zero-order valence-corrected chi connectivity index (χ0v) is 13.8. The van der Waals surface area contributed by atoms with Crippen LogP contribution in [-0.2, 0) is 4.79 Å². The fraction of sp³-hybridized carbons (Fsp3) is 0. The molecule has 0 aliphatic heterocycles. The maximum atomic E-state index is 12.4. The van der Waals surface area contributed by atoms with Crippen molar-refractivity contribution in [2.24, 2.45) is 0 Å². The number of nitrogens with zero attached hydrogens (tertiary/aromatic N) is 1. The van der Waals surface area contributed by atoms with Crippen LogP contribution in [0.25, 0.3) is 22.2 Å². The number of ketones is 1. The molecule has 4 aromatic rings. The van der Waals surface area contributed by atoms with E-state index in [4.69, 9.17) is 0 Å². The number of anilines is 1. The predicted molar refractivity (Wildman–Crippen MR) is 98.8 cm³/mol. The number of thiazole rings is 1. The fourth-order valence-corrected chi connectivity index (χ4v) is 3.32. The summed E-state index contributed by atoms with van der Waals surface area (Å²) in [7, 11) is 0. The summed E-state index contributed by atoms with van der Waals surface area (Å²) in [6.45, 7) is 0. The Labute approximate surface area is 147 Å². The number of para-hydroxylation sites is 1. The van der Waals surface area contributed by atoms with Gasteiger partial charge in [0.2, 0.25) is 0 Å². The molecule has 2 heterocycles. The third-order valence-corrected chi connectivity index (χ3v) is 4.59. The average molecular weight is 347 g/mol. The SMILES string of the molecule is O=C(Nc1nc(-c2ccccc2)cs1)C(=O)c1c[nH]c2ccccc12. The molecule has 2 N–H and O–H groups in total. The molecule has 0 bridgehead atoms. The van der Waals surface area contributed by atoms with Gasteiger partial charge in [0.05, 0.1) is 11.3 Å². The Balaban J connectivity index is 1.54. The van der Waals surface area contributed by atoms with E-state index in [9.17, 15) is 9.59 Å². The van der Waals surface area contributed by atoms with E-state index in [1.54, 1.807) is 6.20 Å². The molecular formula is C19H13N3O2S. The predicted octanol–water partition coefficient (Wildman–Crippen LogP) is 4.11. The summed E-state index contributed by atoms with van der Waals surface area (Å²) in [5.74, 6) is -1.28. The van der Waals surface area contributed by atoms with Crippen molar-refractivity contribution in [3.63, 3.8) is 0 Å². The van der Waals surface area contributed by atoms with E-state index in [-0.39, 0.29) is 0 Å². The lowest BCUT2D eigenvalue weighted by molar-refractivity contribution is -0.112. The van der Waals surface area contributed by atoms with Gasteiger partial charge in [-0.05, 0) is 6.07 Å². The summed E-state index contributed by atoms with van der Waals surface area (Å²) in [5.41, 5.74) is 2.90. The molecule has 25 heavy (non-hydrogen) atoms. The van der Waals surface area contributed by atoms with Gasteiger partial charge in [0.25, 0.3) is 11.7 Å². The van der Waals surface area contributed by atoms with Crippen LogP contribution in [0.3, 0.4) is 0 Å². The second kappa shape index (κ2) is 6.33. The van der Waals surface area contributed by atoms with Crippen LogP contribution in [-0.4, -0.2) is 21.7 Å². The minimum atomic E-state index is -0.696. The quantitative estimate of drug-likeness (QED) is 0.431. The van der Waals surface area contributed by atoms with E-state index in [0.717, 1.165) is 22.2 Å². The number of nitrogens with one attached hydrogen (secondary N) is 2. The largest absolute Gasteiger partial charge is 0.360 e. The highest BCUT2D eigenvalue weighted by Gasteiger charge is 2.21. The van der Waals surface area contributed by atoms with Crippen LogP contribution in [0.2, 0.25) is 0 Å². The van der Waals surface area contributed by atoms with Crippen LogP contribution in [0, 0.1) is 0 Å². The highest BCUT2D eigenvalue weighted by atomic mass is 32.1. The van der Waals surface area contributed by atoms with Crippen molar-refractivity contribution in [2.45, 2.75) is 0 Å². The first-order chi connectivity index (χ1) is 12.2. The molecule has 0 fully saturated rings. The zero-order chi connectivity index (χ0) is 17.2. The van der Waals surface area contributed by atoms with Gasteiger partial charge in [0, 0.05) is 28.0 Å². The first-order valence-corrected chi connectivity index (χ1v) is 8.53. The number of Topliss-reactive ketones (excluding diaryl/α,β-unsaturated/α-hetero) is 1. The minimum absolute atomic E-state index is 0.355. The average Bonchev–Trinajstić information content (AvgIpc) is 3.29. The van der Waals surface area contributed by atoms with Crippen LogP contribution in [0.4, 0.5) is 5.13 Å². The van der Waals surface area contributed by atoms with Gasteiger partial charge in [-0.2, -0.15) is 0 Å². The number of carbonyl (C=O) groups excluding carboxylic acids is 2. The highest BCUT2D eigenvalue weighted by Crippen LogP contribution is 2.25. The number of carbonyl (C=O) groups is 2. The third kappa shape index (κ3) is 2.95. The second-order valence-corrected chi connectivity index (χ2v) is 6.29. The van der Waals surface area contributed by atoms with Crippen molar-refractivity contribution in [3.8, 4) is 11.3 Å². The molecule has 0 spiro atoms. The molecular weight excluding hydrogens is 334 g/mol. The monoisotopic (exact) mass is 347 g/mol. The Morgan fingerprint density at radius 2 is 1.76 bits per heavy atom. The van der Waals surface area contributed by atoms with E-state index in [1.165, 1.54) is 11.3 Å². The number of rotatable bonds is 4. The van der Waals surface area contributed by atoms with Gasteiger partial charge < -0.3 is 4.98 Å². The molecule has 5 nitrogen and oxygen atoms in total. The Bertz CT molecular complexity index is 1070. The summed E-state index contributed by atoms with van der Waals surface area (Å²) in [5, 5.41) is 5.57. The van der Waals surface area contributed by atoms with E-state index in [2.05, 4.69) is 15.3 Å². The van der Waals surface area contributed by atoms with Gasteiger partial charge in [-0.15, -0.1) is 11.3 Å². The van der Waals surface area contributed by atoms with Crippen LogP contribution in [0.15, 0.2) is 66.2 Å². The van der Waals surface area contributed by atoms with E-state index >= 15 is 0 Å². The topological polar surface area (TPSA) is 74.8 Å². The standard InChI is InChI=1S/C19H13N3O2S/c23-17(14-10-20-15-9-5-4-8-13(14)15)18(24)22-19-21-16(11-25-19)12-6-2-1-3-7-12/h1-11,20H,(H,21,22,24). The molecule has 0 atom stereocenters. The first kappa shape index (κ1) is 15.3. The van der Waals surface area contributed by atoms with E-state index in [1.807, 2.05) is 60.0 Å². The summed E-state index contributed by atoms with van der Waals surface area (Å²) in [4.78, 5) is 32.1. The lowest BCUT2D eigenvalue weighted by atomic mass is 10.1. The molecule has 122 valence electrons. The van der Waals surface area contributed by atoms with Gasteiger partial charge in [-0.1, -0.05) is 48.5 Å². The molecule has 1 amide bonds. The Morgan fingerprint density at radius 3 is 2.60 bits per heavy atom. The Kier molecular flexibility index (Phi) is 3.87. The molecule has 0 saturated carbocycles. The van der Waals surface area contributed by atoms with Crippen molar-refractivity contribution < 1.29 is 9.59 Å². The number of hydrogen-bond donors (Lipinski definition) is 2. The molecule has 6 heteroatoms. The van der Waals surface area contributed by atoms with Crippen LogP contribution < -0.4 is 5.32 Å². The van der Waals surface area contributed by atoms with Gasteiger partial charge in [0.15, 0.2) is 5.13 Å². The van der Waals surface area contributed by atoms with Crippen LogP contribution in [0.1, 0.15) is 10.4 Å². The van der Waals surface area contributed by atoms with Gasteiger partial charge in [-0.25, -0.2) is 4.98 Å². The molecule has 0 saturated heterocycles. The zero-order valence-electron chi connectivity index (χ0n) is 13.0. The number of hydrogen-bond acceptors (Lipinski definition) is 4. The number of benzene rings is 2. The minimum Gasteiger partial charge on any atom is -0.360 e. The number of amides is 1.